The molecule has 0 fully saturated rings. The average molecular weight is 299 g/mol. The van der Waals surface area contributed by atoms with E-state index in [1.54, 1.807) is 13.8 Å². The van der Waals surface area contributed by atoms with Crippen molar-refractivity contribution in [1.29, 1.82) is 0 Å². The molecule has 0 N–H and O–H groups in total. The molecule has 112 valence electrons. The highest BCUT2D eigenvalue weighted by atomic mass is 19.2. The van der Waals surface area contributed by atoms with Crippen LogP contribution in [0.2, 0.25) is 0 Å². The lowest BCUT2D eigenvalue weighted by molar-refractivity contribution is 0.0524. The lowest BCUT2D eigenvalue weighted by Crippen LogP contribution is -2.22. The Morgan fingerprint density at radius 3 is 2.48 bits per heavy atom. The lowest BCUT2D eigenvalue weighted by atomic mass is 10.1. The summed E-state index contributed by atoms with van der Waals surface area (Å²) in [7, 11) is 0. The van der Waals surface area contributed by atoms with Crippen molar-refractivity contribution in [1.82, 2.24) is 4.57 Å². The highest BCUT2D eigenvalue weighted by Gasteiger charge is 2.22. The second-order valence-electron chi connectivity index (χ2n) is 4.26. The van der Waals surface area contributed by atoms with Crippen LogP contribution in [0.5, 0.6) is 0 Å². The summed E-state index contributed by atoms with van der Waals surface area (Å²) >= 11 is 0. The molecule has 21 heavy (non-hydrogen) atoms. The van der Waals surface area contributed by atoms with Gasteiger partial charge in [-0.05, 0) is 13.8 Å². The highest BCUT2D eigenvalue weighted by molar-refractivity contribution is 5.94. The Bertz CT molecular complexity index is 783. The van der Waals surface area contributed by atoms with E-state index in [0.717, 1.165) is 10.8 Å². The number of aryl methyl sites for hydroxylation is 1. The third-order valence-electron chi connectivity index (χ3n) is 3.03. The molecule has 0 saturated heterocycles. The topological polar surface area (TPSA) is 48.3 Å². The molecule has 4 nitrogen and oxygen atoms in total. The lowest BCUT2D eigenvalue weighted by Gasteiger charge is -2.12. The molecule has 0 unspecified atom stereocenters. The number of carbonyl (C=O) groups is 1. The summed E-state index contributed by atoms with van der Waals surface area (Å²) in [5.74, 6) is -4.88. The normalized spacial score (nSPS) is 10.9. The van der Waals surface area contributed by atoms with Gasteiger partial charge in [0, 0.05) is 18.8 Å². The van der Waals surface area contributed by atoms with Crippen LogP contribution in [-0.4, -0.2) is 17.1 Å². The summed E-state index contributed by atoms with van der Waals surface area (Å²) < 4.78 is 46.9. The van der Waals surface area contributed by atoms with E-state index in [0.29, 0.717) is 0 Å². The standard InChI is InChI=1S/C14H12F3NO3/c1-3-18-6-7(14(20)21-4-2)13(19)10-8(15)5-9(16)11(17)12(10)18/h5-6H,3-4H2,1-2H3. The van der Waals surface area contributed by atoms with Crippen LogP contribution >= 0.6 is 0 Å². The zero-order valence-corrected chi connectivity index (χ0v) is 11.4. The summed E-state index contributed by atoms with van der Waals surface area (Å²) in [5.41, 5.74) is -1.95. The molecular weight excluding hydrogens is 287 g/mol. The maximum Gasteiger partial charge on any atom is 0.343 e. The van der Waals surface area contributed by atoms with Crippen LogP contribution in [0.3, 0.4) is 0 Å². The summed E-state index contributed by atoms with van der Waals surface area (Å²) in [6.07, 6.45) is 1.05. The molecule has 7 heteroatoms. The van der Waals surface area contributed by atoms with Crippen LogP contribution in [-0.2, 0) is 11.3 Å². The molecule has 0 aliphatic carbocycles. The number of fused-ring (bicyclic) bond motifs is 1. The fraction of sp³-hybridized carbons (Fsp3) is 0.286. The molecule has 0 saturated carbocycles. The molecule has 1 aromatic carbocycles. The minimum atomic E-state index is -1.40. The van der Waals surface area contributed by atoms with Crippen molar-refractivity contribution in [2.75, 3.05) is 6.61 Å². The second-order valence-corrected chi connectivity index (χ2v) is 4.26. The van der Waals surface area contributed by atoms with Crippen molar-refractivity contribution in [3.8, 4) is 0 Å². The first-order chi connectivity index (χ1) is 9.92. The van der Waals surface area contributed by atoms with E-state index in [-0.39, 0.29) is 19.2 Å². The first kappa shape index (κ1) is 15.1. The summed E-state index contributed by atoms with van der Waals surface area (Å²) in [6, 6.07) is 0.286. The van der Waals surface area contributed by atoms with Gasteiger partial charge in [-0.1, -0.05) is 0 Å². The van der Waals surface area contributed by atoms with Crippen LogP contribution in [0.25, 0.3) is 10.9 Å². The fourth-order valence-corrected chi connectivity index (χ4v) is 2.09. The number of hydrogen-bond donors (Lipinski definition) is 0. The van der Waals surface area contributed by atoms with Crippen LogP contribution in [0.1, 0.15) is 24.2 Å². The summed E-state index contributed by atoms with van der Waals surface area (Å²) in [4.78, 5) is 23.9. The van der Waals surface area contributed by atoms with Gasteiger partial charge in [0.15, 0.2) is 11.6 Å². The van der Waals surface area contributed by atoms with Gasteiger partial charge in [-0.2, -0.15) is 0 Å². The first-order valence-electron chi connectivity index (χ1n) is 6.30. The number of pyridine rings is 1. The maximum atomic E-state index is 13.9. The Labute approximate surface area is 117 Å². The van der Waals surface area contributed by atoms with Crippen molar-refractivity contribution in [2.24, 2.45) is 0 Å². The Hall–Kier alpha value is -2.31. The zero-order chi connectivity index (χ0) is 15.7. The Balaban J connectivity index is 2.94. The van der Waals surface area contributed by atoms with Gasteiger partial charge in [0.05, 0.1) is 17.5 Å². The first-order valence-corrected chi connectivity index (χ1v) is 6.30. The number of carbonyl (C=O) groups excluding carboxylic acids is 1. The average Bonchev–Trinajstić information content (AvgIpc) is 2.44. The van der Waals surface area contributed by atoms with E-state index in [9.17, 15) is 22.8 Å². The van der Waals surface area contributed by atoms with Crippen LogP contribution in [0, 0.1) is 17.5 Å². The van der Waals surface area contributed by atoms with Crippen LogP contribution < -0.4 is 5.43 Å². The molecule has 1 aromatic heterocycles. The molecule has 0 aliphatic heterocycles. The number of rotatable bonds is 3. The largest absolute Gasteiger partial charge is 0.462 e. The minimum absolute atomic E-state index is 0.0305. The molecule has 0 bridgehead atoms. The van der Waals surface area contributed by atoms with Crippen molar-refractivity contribution in [2.45, 2.75) is 20.4 Å². The zero-order valence-electron chi connectivity index (χ0n) is 11.4. The van der Waals surface area contributed by atoms with Crippen molar-refractivity contribution >= 4 is 16.9 Å². The molecule has 0 spiro atoms. The predicted octanol–water partition coefficient (Wildman–Crippen LogP) is 2.62. The number of esters is 1. The van der Waals surface area contributed by atoms with Crippen molar-refractivity contribution in [3.63, 3.8) is 0 Å². The van der Waals surface area contributed by atoms with Crippen LogP contribution in [0.4, 0.5) is 13.2 Å². The number of ether oxygens (including phenoxy) is 1. The second kappa shape index (κ2) is 5.59. The van der Waals surface area contributed by atoms with Crippen molar-refractivity contribution in [3.05, 3.63) is 45.5 Å². The van der Waals surface area contributed by atoms with Gasteiger partial charge >= 0.3 is 5.97 Å². The molecule has 0 radical (unpaired) electrons. The third-order valence-corrected chi connectivity index (χ3v) is 3.03. The third kappa shape index (κ3) is 2.39. The maximum absolute atomic E-state index is 13.9. The fourth-order valence-electron chi connectivity index (χ4n) is 2.09. The van der Waals surface area contributed by atoms with Gasteiger partial charge in [-0.25, -0.2) is 18.0 Å². The molecule has 0 amide bonds. The smallest absolute Gasteiger partial charge is 0.343 e. The number of hydrogen-bond acceptors (Lipinski definition) is 3. The predicted molar refractivity (Wildman–Crippen MR) is 69.7 cm³/mol. The number of benzene rings is 1. The van der Waals surface area contributed by atoms with Gasteiger partial charge in [-0.3, -0.25) is 4.79 Å². The van der Waals surface area contributed by atoms with Gasteiger partial charge in [0.1, 0.15) is 11.4 Å². The van der Waals surface area contributed by atoms with E-state index >= 15 is 0 Å². The quantitative estimate of drug-likeness (QED) is 0.646. The summed E-state index contributed by atoms with van der Waals surface area (Å²) in [5, 5.41) is -0.665. The molecule has 1 heterocycles. The van der Waals surface area contributed by atoms with E-state index in [1.807, 2.05) is 0 Å². The minimum Gasteiger partial charge on any atom is -0.462 e. The summed E-state index contributed by atoms with van der Waals surface area (Å²) in [6.45, 7) is 3.28. The number of nitrogens with zero attached hydrogens (tertiary/aromatic N) is 1. The monoisotopic (exact) mass is 299 g/mol. The van der Waals surface area contributed by atoms with Crippen LogP contribution in [0.15, 0.2) is 17.1 Å². The van der Waals surface area contributed by atoms with Gasteiger partial charge in [0.2, 0.25) is 5.43 Å². The number of halogens is 3. The van der Waals surface area contributed by atoms with E-state index in [2.05, 4.69) is 0 Å². The molecule has 2 rings (SSSR count). The van der Waals surface area contributed by atoms with Gasteiger partial charge < -0.3 is 9.30 Å². The number of aromatic nitrogens is 1. The Morgan fingerprint density at radius 1 is 1.24 bits per heavy atom. The molecule has 0 aliphatic rings. The molecule has 2 aromatic rings. The van der Waals surface area contributed by atoms with E-state index in [1.165, 1.54) is 0 Å². The Kier molecular flexibility index (Phi) is 4.02. The van der Waals surface area contributed by atoms with Gasteiger partial charge in [0.25, 0.3) is 0 Å². The highest BCUT2D eigenvalue weighted by Crippen LogP contribution is 2.22. The van der Waals surface area contributed by atoms with E-state index < -0.39 is 45.3 Å². The van der Waals surface area contributed by atoms with E-state index in [4.69, 9.17) is 4.74 Å². The SMILES string of the molecule is CCOC(=O)c1cn(CC)c2c(F)c(F)cc(F)c2c1=O. The molecule has 0 atom stereocenters. The molecular formula is C14H12F3NO3. The van der Waals surface area contributed by atoms with Crippen molar-refractivity contribution < 1.29 is 22.7 Å². The van der Waals surface area contributed by atoms with Gasteiger partial charge in [-0.15, -0.1) is 0 Å². The Morgan fingerprint density at radius 2 is 1.90 bits per heavy atom.